The van der Waals surface area contributed by atoms with Crippen LogP contribution in [0.5, 0.6) is 0 Å². The van der Waals surface area contributed by atoms with Crippen molar-refractivity contribution in [3.05, 3.63) is 66.5 Å². The number of nitrogens with one attached hydrogen (secondary N) is 1. The number of Topliss-reactive ketones (excluding diaryl/α,β-unsaturated/α-hetero) is 1. The summed E-state index contributed by atoms with van der Waals surface area (Å²) in [5.74, 6) is 0.892. The van der Waals surface area contributed by atoms with E-state index in [-0.39, 0.29) is 11.8 Å². The topological polar surface area (TPSA) is 81.6 Å². The highest BCUT2D eigenvalue weighted by Crippen LogP contribution is 2.18. The number of carbonyl (C=O) groups is 1. The number of rotatable bonds is 9. The molecule has 0 spiro atoms. The highest BCUT2D eigenvalue weighted by Gasteiger charge is 2.23. The van der Waals surface area contributed by atoms with E-state index in [4.69, 9.17) is 5.21 Å². The number of benzene rings is 1. The van der Waals surface area contributed by atoms with Crippen molar-refractivity contribution in [3.8, 4) is 0 Å². The molecule has 30 heavy (non-hydrogen) atoms. The normalized spacial score (nSPS) is 15.9. The van der Waals surface area contributed by atoms with Gasteiger partial charge in [0.25, 0.3) is 0 Å². The zero-order valence-corrected chi connectivity index (χ0v) is 17.4. The third kappa shape index (κ3) is 5.98. The van der Waals surface area contributed by atoms with Crippen LogP contribution >= 0.6 is 0 Å². The average molecular weight is 408 g/mol. The van der Waals surface area contributed by atoms with Gasteiger partial charge in [0.15, 0.2) is 0 Å². The molecule has 1 fully saturated rings. The molecule has 0 radical (unpaired) electrons. The molecule has 7 heteroatoms. The van der Waals surface area contributed by atoms with E-state index in [2.05, 4.69) is 50.6 Å². The van der Waals surface area contributed by atoms with Crippen LogP contribution in [-0.4, -0.2) is 58.1 Å². The first-order valence-corrected chi connectivity index (χ1v) is 10.2. The van der Waals surface area contributed by atoms with Gasteiger partial charge in [0.1, 0.15) is 5.78 Å². The van der Waals surface area contributed by atoms with E-state index in [1.54, 1.807) is 19.3 Å². The van der Waals surface area contributed by atoms with Gasteiger partial charge >= 0.3 is 0 Å². The molecular formula is C23H29N5O2. The van der Waals surface area contributed by atoms with Crippen molar-refractivity contribution in [1.29, 1.82) is 0 Å². The van der Waals surface area contributed by atoms with Crippen LogP contribution in [0.15, 0.2) is 55.4 Å². The number of hydroxylamine groups is 1. The molecule has 1 unspecified atom stereocenters. The van der Waals surface area contributed by atoms with Gasteiger partial charge in [-0.1, -0.05) is 49.1 Å². The fourth-order valence-electron chi connectivity index (χ4n) is 3.50. The van der Waals surface area contributed by atoms with Gasteiger partial charge in [-0.15, -0.1) is 0 Å². The Kier molecular flexibility index (Phi) is 7.70. The first kappa shape index (κ1) is 21.7. The molecule has 1 aliphatic rings. The summed E-state index contributed by atoms with van der Waals surface area (Å²) in [7, 11) is 0. The minimum atomic E-state index is 0.221. The van der Waals surface area contributed by atoms with Crippen LogP contribution in [-0.2, 0) is 4.79 Å². The van der Waals surface area contributed by atoms with Crippen molar-refractivity contribution >= 4 is 23.5 Å². The molecule has 1 aliphatic heterocycles. The summed E-state index contributed by atoms with van der Waals surface area (Å²) in [5, 5.41) is 8.93. The molecule has 1 saturated heterocycles. The molecule has 0 amide bonds. The highest BCUT2D eigenvalue weighted by molar-refractivity contribution is 5.75. The summed E-state index contributed by atoms with van der Waals surface area (Å²) in [6.07, 6.45) is 9.06. The first-order valence-electron chi connectivity index (χ1n) is 10.2. The van der Waals surface area contributed by atoms with E-state index in [9.17, 15) is 4.79 Å². The van der Waals surface area contributed by atoms with Gasteiger partial charge in [0.2, 0.25) is 5.95 Å². The van der Waals surface area contributed by atoms with Gasteiger partial charge in [-0.05, 0) is 18.9 Å². The van der Waals surface area contributed by atoms with E-state index in [1.165, 1.54) is 0 Å². The average Bonchev–Trinajstić information content (AvgIpc) is 2.79. The van der Waals surface area contributed by atoms with E-state index >= 15 is 0 Å². The molecule has 2 N–H and O–H groups in total. The zero-order chi connectivity index (χ0) is 21.3. The molecule has 0 aliphatic carbocycles. The quantitative estimate of drug-likeness (QED) is 0.619. The third-order valence-electron chi connectivity index (χ3n) is 5.29. The Labute approximate surface area is 177 Å². The van der Waals surface area contributed by atoms with E-state index < -0.39 is 0 Å². The maximum Gasteiger partial charge on any atom is 0.225 e. The lowest BCUT2D eigenvalue weighted by molar-refractivity contribution is -0.117. The third-order valence-corrected chi connectivity index (χ3v) is 5.29. The lowest BCUT2D eigenvalue weighted by Gasteiger charge is -2.38. The van der Waals surface area contributed by atoms with E-state index in [0.29, 0.717) is 23.6 Å². The molecule has 3 rings (SSSR count). The van der Waals surface area contributed by atoms with Gasteiger partial charge in [-0.25, -0.2) is 9.97 Å². The molecule has 7 nitrogen and oxygen atoms in total. The number of ketones is 1. The molecule has 158 valence electrons. The van der Waals surface area contributed by atoms with E-state index in [0.717, 1.165) is 38.2 Å². The standard InChI is InChI=1S/C23H29N5O2/c1-18(29)8-10-22(11-9-20-6-4-3-5-7-20)27-12-14-28(15-13-27)23-24-16-21(17-25-23)19(2)26-30/h3-7,9,11,16-17,22,26,30H,2,8,10,12-15H2,1H3/b11-9+. The lowest BCUT2D eigenvalue weighted by atomic mass is 10.0. The number of piperazine rings is 1. The molecular weight excluding hydrogens is 378 g/mol. The second kappa shape index (κ2) is 10.7. The van der Waals surface area contributed by atoms with Crippen LogP contribution in [0.4, 0.5) is 5.95 Å². The summed E-state index contributed by atoms with van der Waals surface area (Å²) in [6, 6.07) is 10.4. The van der Waals surface area contributed by atoms with Crippen molar-refractivity contribution in [3.63, 3.8) is 0 Å². The van der Waals surface area contributed by atoms with Crippen LogP contribution in [0.25, 0.3) is 11.8 Å². The molecule has 2 heterocycles. The lowest BCUT2D eigenvalue weighted by Crippen LogP contribution is -2.50. The van der Waals surface area contributed by atoms with Crippen molar-refractivity contribution in [2.24, 2.45) is 0 Å². The fourth-order valence-corrected chi connectivity index (χ4v) is 3.50. The van der Waals surface area contributed by atoms with Gasteiger partial charge in [0.05, 0.1) is 5.70 Å². The van der Waals surface area contributed by atoms with Crippen molar-refractivity contribution < 1.29 is 10.0 Å². The molecule has 0 bridgehead atoms. The Morgan fingerprint density at radius 3 is 2.47 bits per heavy atom. The molecule has 1 aromatic heterocycles. The number of hydrogen-bond acceptors (Lipinski definition) is 7. The van der Waals surface area contributed by atoms with E-state index in [1.807, 2.05) is 23.7 Å². The molecule has 1 atom stereocenters. The number of aromatic nitrogens is 2. The summed E-state index contributed by atoms with van der Waals surface area (Å²) in [4.78, 5) is 24.9. The Balaban J connectivity index is 1.62. The van der Waals surface area contributed by atoms with Crippen molar-refractivity contribution in [1.82, 2.24) is 20.3 Å². The SMILES string of the molecule is C=C(NO)c1cnc(N2CCN(C(/C=C/c3ccccc3)CCC(C)=O)CC2)nc1. The number of nitrogens with zero attached hydrogens (tertiary/aromatic N) is 4. The Morgan fingerprint density at radius 1 is 1.20 bits per heavy atom. The van der Waals surface area contributed by atoms with Crippen molar-refractivity contribution in [2.75, 3.05) is 31.1 Å². The van der Waals surface area contributed by atoms with Crippen LogP contribution < -0.4 is 10.4 Å². The van der Waals surface area contributed by atoms with Gasteiger partial charge < -0.3 is 9.69 Å². The Morgan fingerprint density at radius 2 is 1.87 bits per heavy atom. The van der Waals surface area contributed by atoms with Crippen LogP contribution in [0.2, 0.25) is 0 Å². The minimum Gasteiger partial charge on any atom is -0.338 e. The van der Waals surface area contributed by atoms with Crippen LogP contribution in [0.1, 0.15) is 30.9 Å². The van der Waals surface area contributed by atoms with Gasteiger partial charge in [-0.2, -0.15) is 0 Å². The summed E-state index contributed by atoms with van der Waals surface area (Å²) >= 11 is 0. The second-order valence-electron chi connectivity index (χ2n) is 7.46. The predicted octanol–water partition coefficient (Wildman–Crippen LogP) is 3.00. The Hall–Kier alpha value is -3.03. The van der Waals surface area contributed by atoms with Crippen LogP contribution in [0, 0.1) is 0 Å². The number of hydrogen-bond donors (Lipinski definition) is 2. The number of anilines is 1. The highest BCUT2D eigenvalue weighted by atomic mass is 16.5. The summed E-state index contributed by atoms with van der Waals surface area (Å²) < 4.78 is 0. The first-order chi connectivity index (χ1) is 14.6. The number of carbonyl (C=O) groups excluding carboxylic acids is 1. The zero-order valence-electron chi connectivity index (χ0n) is 17.4. The second-order valence-corrected chi connectivity index (χ2v) is 7.46. The largest absolute Gasteiger partial charge is 0.338 e. The van der Waals surface area contributed by atoms with Crippen molar-refractivity contribution in [2.45, 2.75) is 25.8 Å². The Bertz CT molecular complexity index is 859. The minimum absolute atomic E-state index is 0.221. The molecule has 1 aromatic carbocycles. The molecule has 0 saturated carbocycles. The van der Waals surface area contributed by atoms with Gasteiger partial charge in [-0.3, -0.25) is 15.6 Å². The fraction of sp³-hybridized carbons (Fsp3) is 0.348. The smallest absolute Gasteiger partial charge is 0.225 e. The molecule has 2 aromatic rings. The predicted molar refractivity (Wildman–Crippen MR) is 119 cm³/mol. The summed E-state index contributed by atoms with van der Waals surface area (Å²) in [6.45, 7) is 8.72. The monoisotopic (exact) mass is 407 g/mol. The van der Waals surface area contributed by atoms with Gasteiger partial charge in [0, 0.05) is 56.6 Å². The maximum atomic E-state index is 11.5. The van der Waals surface area contributed by atoms with Crippen LogP contribution in [0.3, 0.4) is 0 Å². The maximum absolute atomic E-state index is 11.5. The summed E-state index contributed by atoms with van der Waals surface area (Å²) in [5.41, 5.74) is 4.19.